The summed E-state index contributed by atoms with van der Waals surface area (Å²) in [7, 11) is 0. The van der Waals surface area contributed by atoms with Crippen LogP contribution in [0, 0.1) is 23.7 Å². The van der Waals surface area contributed by atoms with Crippen molar-refractivity contribution in [2.75, 3.05) is 13.1 Å². The van der Waals surface area contributed by atoms with Crippen molar-refractivity contribution >= 4 is 11.9 Å². The van der Waals surface area contributed by atoms with Gasteiger partial charge < -0.3 is 10.0 Å². The van der Waals surface area contributed by atoms with Crippen molar-refractivity contribution in [3.05, 3.63) is 0 Å². The predicted octanol–water partition coefficient (Wildman–Crippen LogP) is 1.99. The lowest BCUT2D eigenvalue weighted by molar-refractivity contribution is -0.142. The molecule has 1 saturated carbocycles. The van der Waals surface area contributed by atoms with E-state index < -0.39 is 5.97 Å². The summed E-state index contributed by atoms with van der Waals surface area (Å²) in [5.41, 5.74) is 0. The molecule has 1 aliphatic heterocycles. The lowest BCUT2D eigenvalue weighted by Crippen LogP contribution is -2.30. The zero-order valence-corrected chi connectivity index (χ0v) is 11.3. The van der Waals surface area contributed by atoms with Gasteiger partial charge in [0, 0.05) is 19.5 Å². The molecule has 1 N–H and O–H groups in total. The number of carbonyl (C=O) groups is 2. The molecular formula is C14H23NO3. The first kappa shape index (κ1) is 13.4. The van der Waals surface area contributed by atoms with Crippen molar-refractivity contribution in [3.8, 4) is 0 Å². The number of rotatable bonds is 5. The van der Waals surface area contributed by atoms with Gasteiger partial charge in [0.15, 0.2) is 0 Å². The van der Waals surface area contributed by atoms with Gasteiger partial charge in [0.2, 0.25) is 5.91 Å². The Kier molecular flexibility index (Phi) is 3.93. The van der Waals surface area contributed by atoms with E-state index in [0.29, 0.717) is 31.3 Å². The Morgan fingerprint density at radius 1 is 1.33 bits per heavy atom. The maximum Gasteiger partial charge on any atom is 0.308 e. The summed E-state index contributed by atoms with van der Waals surface area (Å²) < 4.78 is 0. The monoisotopic (exact) mass is 253 g/mol. The van der Waals surface area contributed by atoms with Gasteiger partial charge in [-0.1, -0.05) is 20.3 Å². The molecule has 4 heteroatoms. The van der Waals surface area contributed by atoms with E-state index in [1.165, 1.54) is 0 Å². The lowest BCUT2D eigenvalue weighted by atomic mass is 9.92. The number of nitrogens with zero attached hydrogens (tertiary/aromatic N) is 1. The Labute approximate surface area is 108 Å². The molecule has 1 heterocycles. The SMILES string of the molecule is CCC(C)CC(=O)N1C[C@H](C(=O)O)[C@@H](C2CC2)C1. The third-order valence-corrected chi connectivity index (χ3v) is 4.48. The highest BCUT2D eigenvalue weighted by Gasteiger charge is 2.46. The smallest absolute Gasteiger partial charge is 0.308 e. The quantitative estimate of drug-likeness (QED) is 0.815. The van der Waals surface area contributed by atoms with E-state index >= 15 is 0 Å². The van der Waals surface area contributed by atoms with Crippen LogP contribution >= 0.6 is 0 Å². The fourth-order valence-corrected chi connectivity index (χ4v) is 2.87. The minimum absolute atomic E-state index is 0.138. The molecule has 0 bridgehead atoms. The number of carboxylic acids is 1. The van der Waals surface area contributed by atoms with Gasteiger partial charge in [0.1, 0.15) is 0 Å². The highest BCUT2D eigenvalue weighted by molar-refractivity contribution is 5.79. The Bertz CT molecular complexity index is 338. The Morgan fingerprint density at radius 3 is 2.50 bits per heavy atom. The van der Waals surface area contributed by atoms with E-state index in [1.54, 1.807) is 4.90 Å². The Morgan fingerprint density at radius 2 is 2.00 bits per heavy atom. The van der Waals surface area contributed by atoms with Crippen molar-refractivity contribution in [2.45, 2.75) is 39.5 Å². The third kappa shape index (κ3) is 2.85. The number of carbonyl (C=O) groups excluding carboxylic acids is 1. The lowest BCUT2D eigenvalue weighted by Gasteiger charge is -2.18. The van der Waals surface area contributed by atoms with Crippen LogP contribution in [0.1, 0.15) is 39.5 Å². The van der Waals surface area contributed by atoms with Gasteiger partial charge >= 0.3 is 5.97 Å². The summed E-state index contributed by atoms with van der Waals surface area (Å²) in [5, 5.41) is 9.25. The fourth-order valence-electron chi connectivity index (χ4n) is 2.87. The summed E-state index contributed by atoms with van der Waals surface area (Å²) in [4.78, 5) is 25.1. The molecule has 1 amide bonds. The van der Waals surface area contributed by atoms with Gasteiger partial charge in [-0.05, 0) is 30.6 Å². The minimum atomic E-state index is -0.731. The van der Waals surface area contributed by atoms with Crippen LogP contribution in [0.25, 0.3) is 0 Å². The molecular weight excluding hydrogens is 230 g/mol. The molecule has 0 aromatic rings. The first-order chi connectivity index (χ1) is 8.52. The molecule has 2 fully saturated rings. The predicted molar refractivity (Wildman–Crippen MR) is 68.0 cm³/mol. The topological polar surface area (TPSA) is 57.6 Å². The number of amides is 1. The number of hydrogen-bond acceptors (Lipinski definition) is 2. The summed E-state index contributed by atoms with van der Waals surface area (Å²) >= 11 is 0. The van der Waals surface area contributed by atoms with Crippen LogP contribution in [-0.4, -0.2) is 35.0 Å². The molecule has 0 spiro atoms. The van der Waals surface area contributed by atoms with E-state index in [9.17, 15) is 14.7 Å². The summed E-state index contributed by atoms with van der Waals surface area (Å²) in [5.74, 6) is 0.208. The van der Waals surface area contributed by atoms with E-state index in [-0.39, 0.29) is 17.7 Å². The molecule has 1 unspecified atom stereocenters. The van der Waals surface area contributed by atoms with Gasteiger partial charge in [-0.2, -0.15) is 0 Å². The number of hydrogen-bond donors (Lipinski definition) is 1. The highest BCUT2D eigenvalue weighted by Crippen LogP contribution is 2.44. The second-order valence-corrected chi connectivity index (χ2v) is 5.96. The van der Waals surface area contributed by atoms with Crippen LogP contribution in [0.3, 0.4) is 0 Å². The standard InChI is InChI=1S/C14H23NO3/c1-3-9(2)6-13(16)15-7-11(10-4-5-10)12(8-15)14(17)18/h9-12H,3-8H2,1-2H3,(H,17,18)/t9?,11-,12+/m1/s1. The van der Waals surface area contributed by atoms with Gasteiger partial charge in [0.25, 0.3) is 0 Å². The van der Waals surface area contributed by atoms with Crippen LogP contribution in [0.5, 0.6) is 0 Å². The largest absolute Gasteiger partial charge is 0.481 e. The van der Waals surface area contributed by atoms with Crippen molar-refractivity contribution in [1.29, 1.82) is 0 Å². The summed E-state index contributed by atoms with van der Waals surface area (Å²) in [6.07, 6.45) is 3.83. The van der Waals surface area contributed by atoms with E-state index in [4.69, 9.17) is 0 Å². The van der Waals surface area contributed by atoms with Crippen molar-refractivity contribution in [3.63, 3.8) is 0 Å². The van der Waals surface area contributed by atoms with Crippen LogP contribution in [0.4, 0.5) is 0 Å². The molecule has 18 heavy (non-hydrogen) atoms. The average molecular weight is 253 g/mol. The molecule has 0 aromatic heterocycles. The fraction of sp³-hybridized carbons (Fsp3) is 0.857. The van der Waals surface area contributed by atoms with Gasteiger partial charge in [-0.25, -0.2) is 0 Å². The van der Waals surface area contributed by atoms with Gasteiger partial charge in [-0.3, -0.25) is 9.59 Å². The van der Waals surface area contributed by atoms with E-state index in [1.807, 2.05) is 0 Å². The zero-order valence-electron chi connectivity index (χ0n) is 11.3. The Balaban J connectivity index is 1.95. The highest BCUT2D eigenvalue weighted by atomic mass is 16.4. The zero-order chi connectivity index (χ0) is 13.3. The van der Waals surface area contributed by atoms with Crippen molar-refractivity contribution < 1.29 is 14.7 Å². The van der Waals surface area contributed by atoms with Gasteiger partial charge in [0.05, 0.1) is 5.92 Å². The number of carboxylic acid groups (broad SMARTS) is 1. The van der Waals surface area contributed by atoms with Crippen molar-refractivity contribution in [1.82, 2.24) is 4.90 Å². The number of likely N-dealkylation sites (tertiary alicyclic amines) is 1. The summed E-state index contributed by atoms with van der Waals surface area (Å²) in [6.45, 7) is 5.23. The van der Waals surface area contributed by atoms with Crippen LogP contribution in [0.2, 0.25) is 0 Å². The molecule has 2 rings (SSSR count). The first-order valence-electron chi connectivity index (χ1n) is 7.03. The van der Waals surface area contributed by atoms with E-state index in [2.05, 4.69) is 13.8 Å². The van der Waals surface area contributed by atoms with Crippen LogP contribution < -0.4 is 0 Å². The third-order valence-electron chi connectivity index (χ3n) is 4.48. The molecule has 0 aromatic carbocycles. The van der Waals surface area contributed by atoms with Crippen molar-refractivity contribution in [2.24, 2.45) is 23.7 Å². The molecule has 2 aliphatic rings. The second kappa shape index (κ2) is 5.29. The van der Waals surface area contributed by atoms with Crippen LogP contribution in [0.15, 0.2) is 0 Å². The maximum atomic E-state index is 12.1. The normalized spacial score (nSPS) is 29.3. The first-order valence-corrected chi connectivity index (χ1v) is 7.03. The Hall–Kier alpha value is -1.06. The molecule has 1 saturated heterocycles. The van der Waals surface area contributed by atoms with Gasteiger partial charge in [-0.15, -0.1) is 0 Å². The summed E-state index contributed by atoms with van der Waals surface area (Å²) in [6, 6.07) is 0. The second-order valence-electron chi connectivity index (χ2n) is 5.96. The maximum absolute atomic E-state index is 12.1. The molecule has 102 valence electrons. The van der Waals surface area contributed by atoms with Crippen LogP contribution in [-0.2, 0) is 9.59 Å². The molecule has 0 radical (unpaired) electrons. The average Bonchev–Trinajstić information content (AvgIpc) is 3.07. The van der Waals surface area contributed by atoms with E-state index in [0.717, 1.165) is 19.3 Å². The molecule has 1 aliphatic carbocycles. The molecule has 3 atom stereocenters. The molecule has 4 nitrogen and oxygen atoms in total. The minimum Gasteiger partial charge on any atom is -0.481 e. The number of aliphatic carboxylic acids is 1.